The maximum atomic E-state index is 11.3. The molecule has 0 radical (unpaired) electrons. The van der Waals surface area contributed by atoms with Crippen molar-refractivity contribution in [3.8, 4) is 22.3 Å². The molecule has 170 valence electrons. The summed E-state index contributed by atoms with van der Waals surface area (Å²) in [5.41, 5.74) is 6.93. The highest BCUT2D eigenvalue weighted by Gasteiger charge is 2.28. The van der Waals surface area contributed by atoms with Crippen molar-refractivity contribution in [3.63, 3.8) is 0 Å². The normalized spacial score (nSPS) is 11.8. The number of hydrogen-bond donors (Lipinski definition) is 1. The molecule has 4 aromatic heterocycles. The largest absolute Gasteiger partial charge is 0.478 e. The zero-order valence-corrected chi connectivity index (χ0v) is 19.4. The Labute approximate surface area is 196 Å². The fraction of sp³-hybridized carbons (Fsp3) is 0.185. The number of rotatable bonds is 5. The van der Waals surface area contributed by atoms with Crippen LogP contribution >= 0.6 is 0 Å². The Morgan fingerprint density at radius 1 is 1.03 bits per heavy atom. The van der Waals surface area contributed by atoms with Gasteiger partial charge in [0.2, 0.25) is 0 Å². The SMILES string of the molecule is Cc1noc(C)c1-c1cnc2c(-c3ccc(C(=O)O)cc3)cn(C(C)(C)c3ccccn3)c2c1. The molecule has 34 heavy (non-hydrogen) atoms. The van der Waals surface area contributed by atoms with E-state index in [1.165, 1.54) is 0 Å². The molecule has 0 aliphatic carbocycles. The zero-order chi connectivity index (χ0) is 24.0. The third-order valence-electron chi connectivity index (χ3n) is 6.30. The van der Waals surface area contributed by atoms with Gasteiger partial charge in [0.15, 0.2) is 0 Å². The maximum Gasteiger partial charge on any atom is 0.335 e. The molecule has 7 nitrogen and oxygen atoms in total. The first-order valence-electron chi connectivity index (χ1n) is 11.0. The minimum absolute atomic E-state index is 0.245. The molecular weight excluding hydrogens is 428 g/mol. The van der Waals surface area contributed by atoms with Gasteiger partial charge in [-0.1, -0.05) is 23.4 Å². The number of benzene rings is 1. The summed E-state index contributed by atoms with van der Waals surface area (Å²) in [6.07, 6.45) is 5.70. The van der Waals surface area contributed by atoms with Gasteiger partial charge in [-0.25, -0.2) is 4.79 Å². The molecule has 0 spiro atoms. The lowest BCUT2D eigenvalue weighted by Crippen LogP contribution is -2.28. The first kappa shape index (κ1) is 21.6. The van der Waals surface area contributed by atoms with E-state index in [4.69, 9.17) is 9.51 Å². The number of aryl methyl sites for hydroxylation is 2. The van der Waals surface area contributed by atoms with Crippen molar-refractivity contribution in [3.05, 3.63) is 89.8 Å². The van der Waals surface area contributed by atoms with Crippen molar-refractivity contribution in [2.45, 2.75) is 33.2 Å². The summed E-state index contributed by atoms with van der Waals surface area (Å²) in [7, 11) is 0. The lowest BCUT2D eigenvalue weighted by molar-refractivity contribution is 0.0697. The molecule has 0 saturated carbocycles. The lowest BCUT2D eigenvalue weighted by Gasteiger charge is -2.27. The molecule has 4 heterocycles. The van der Waals surface area contributed by atoms with Gasteiger partial charge in [-0.05, 0) is 63.6 Å². The van der Waals surface area contributed by atoms with Gasteiger partial charge in [-0.2, -0.15) is 0 Å². The number of aromatic nitrogens is 4. The van der Waals surface area contributed by atoms with E-state index < -0.39 is 11.5 Å². The average molecular weight is 453 g/mol. The highest BCUT2D eigenvalue weighted by Crippen LogP contribution is 2.38. The van der Waals surface area contributed by atoms with Crippen LogP contribution in [0.25, 0.3) is 33.3 Å². The second kappa shape index (κ2) is 7.95. The van der Waals surface area contributed by atoms with Gasteiger partial charge in [0.25, 0.3) is 0 Å². The van der Waals surface area contributed by atoms with Gasteiger partial charge >= 0.3 is 5.97 Å². The van der Waals surface area contributed by atoms with E-state index in [0.717, 1.165) is 50.4 Å². The Morgan fingerprint density at radius 3 is 2.41 bits per heavy atom. The van der Waals surface area contributed by atoms with Gasteiger partial charge in [0.1, 0.15) is 5.76 Å². The van der Waals surface area contributed by atoms with Gasteiger partial charge in [-0.3, -0.25) is 9.97 Å². The molecule has 1 N–H and O–H groups in total. The van der Waals surface area contributed by atoms with Crippen LogP contribution < -0.4 is 0 Å². The fourth-order valence-corrected chi connectivity index (χ4v) is 4.45. The van der Waals surface area contributed by atoms with E-state index in [1.54, 1.807) is 18.3 Å². The molecule has 0 unspecified atom stereocenters. The minimum atomic E-state index is -0.951. The molecule has 0 amide bonds. The summed E-state index contributed by atoms with van der Waals surface area (Å²) in [5, 5.41) is 13.4. The Morgan fingerprint density at radius 2 is 1.79 bits per heavy atom. The number of aromatic carboxylic acids is 1. The number of carboxylic acids is 1. The van der Waals surface area contributed by atoms with E-state index in [1.807, 2.05) is 50.4 Å². The molecule has 0 bridgehead atoms. The summed E-state index contributed by atoms with van der Waals surface area (Å²) in [6, 6.07) is 14.9. The highest BCUT2D eigenvalue weighted by atomic mass is 16.5. The van der Waals surface area contributed by atoms with Gasteiger partial charge in [0, 0.05) is 35.3 Å². The van der Waals surface area contributed by atoms with Gasteiger partial charge in [-0.15, -0.1) is 0 Å². The van der Waals surface area contributed by atoms with E-state index in [2.05, 4.69) is 40.8 Å². The van der Waals surface area contributed by atoms with Crippen LogP contribution in [0.15, 0.2) is 71.6 Å². The summed E-state index contributed by atoms with van der Waals surface area (Å²) in [6.45, 7) is 8.05. The first-order chi connectivity index (χ1) is 16.3. The zero-order valence-electron chi connectivity index (χ0n) is 19.4. The molecule has 7 heteroatoms. The van der Waals surface area contributed by atoms with Crippen LogP contribution in [0.2, 0.25) is 0 Å². The van der Waals surface area contributed by atoms with E-state index in [0.29, 0.717) is 0 Å². The van der Waals surface area contributed by atoms with E-state index in [-0.39, 0.29) is 5.56 Å². The molecule has 0 aliphatic rings. The van der Waals surface area contributed by atoms with Crippen LogP contribution in [0.4, 0.5) is 0 Å². The molecule has 5 rings (SSSR count). The number of nitrogens with zero attached hydrogens (tertiary/aromatic N) is 4. The molecule has 0 fully saturated rings. The third kappa shape index (κ3) is 3.46. The number of carbonyl (C=O) groups is 1. The van der Waals surface area contributed by atoms with Crippen molar-refractivity contribution in [1.82, 2.24) is 19.7 Å². The van der Waals surface area contributed by atoms with Crippen LogP contribution in [0, 0.1) is 13.8 Å². The summed E-state index contributed by atoms with van der Waals surface area (Å²) in [5.74, 6) is -0.210. The smallest absolute Gasteiger partial charge is 0.335 e. The molecule has 0 saturated heterocycles. The van der Waals surface area contributed by atoms with Crippen molar-refractivity contribution >= 4 is 17.0 Å². The van der Waals surface area contributed by atoms with Crippen LogP contribution in [0.5, 0.6) is 0 Å². The van der Waals surface area contributed by atoms with E-state index >= 15 is 0 Å². The quantitative estimate of drug-likeness (QED) is 0.359. The number of hydrogen-bond acceptors (Lipinski definition) is 5. The molecular formula is C27H24N4O3. The number of fused-ring (bicyclic) bond motifs is 1. The topological polar surface area (TPSA) is 94.0 Å². The minimum Gasteiger partial charge on any atom is -0.478 e. The molecule has 1 aromatic carbocycles. The van der Waals surface area contributed by atoms with Gasteiger partial charge in [0.05, 0.1) is 33.5 Å². The van der Waals surface area contributed by atoms with Crippen molar-refractivity contribution < 1.29 is 14.4 Å². The van der Waals surface area contributed by atoms with E-state index in [9.17, 15) is 9.90 Å². The number of pyridine rings is 2. The Kier molecular flexibility index (Phi) is 5.05. The Hall–Kier alpha value is -4.26. The average Bonchev–Trinajstić information content (AvgIpc) is 3.39. The predicted octanol–water partition coefficient (Wildman–Crippen LogP) is 5.85. The Bertz CT molecular complexity index is 1490. The second-order valence-corrected chi connectivity index (χ2v) is 8.86. The maximum absolute atomic E-state index is 11.3. The van der Waals surface area contributed by atoms with Crippen LogP contribution in [-0.2, 0) is 5.54 Å². The van der Waals surface area contributed by atoms with Gasteiger partial charge < -0.3 is 14.2 Å². The van der Waals surface area contributed by atoms with Crippen molar-refractivity contribution in [2.75, 3.05) is 0 Å². The van der Waals surface area contributed by atoms with Crippen LogP contribution in [0.3, 0.4) is 0 Å². The fourth-order valence-electron chi connectivity index (χ4n) is 4.45. The van der Waals surface area contributed by atoms with Crippen molar-refractivity contribution in [1.29, 1.82) is 0 Å². The lowest BCUT2D eigenvalue weighted by atomic mass is 9.99. The molecule has 0 atom stereocenters. The second-order valence-electron chi connectivity index (χ2n) is 8.86. The van der Waals surface area contributed by atoms with Crippen molar-refractivity contribution in [2.24, 2.45) is 0 Å². The third-order valence-corrected chi connectivity index (χ3v) is 6.30. The Balaban J connectivity index is 1.76. The predicted molar refractivity (Wildman–Crippen MR) is 130 cm³/mol. The van der Waals surface area contributed by atoms with Crippen LogP contribution in [0.1, 0.15) is 41.4 Å². The highest BCUT2D eigenvalue weighted by molar-refractivity contribution is 5.96. The first-order valence-corrected chi connectivity index (χ1v) is 11.0. The molecule has 5 aromatic rings. The summed E-state index contributed by atoms with van der Waals surface area (Å²) < 4.78 is 7.57. The standard InChI is InChI=1S/C27H24N4O3/c1-16-24(17(2)34-30-16)20-13-22-25(29-14-20)21(18-8-10-19(11-9-18)26(32)33)15-31(22)27(3,4)23-7-5-6-12-28-23/h5-15H,1-4H3,(H,32,33). The molecule has 0 aliphatic heterocycles. The van der Waals surface area contributed by atoms with Crippen LogP contribution in [-0.4, -0.2) is 30.8 Å². The number of carboxylic acid groups (broad SMARTS) is 1. The monoisotopic (exact) mass is 452 g/mol. The summed E-state index contributed by atoms with van der Waals surface area (Å²) in [4.78, 5) is 20.8. The summed E-state index contributed by atoms with van der Waals surface area (Å²) >= 11 is 0.